The number of hydrogen-bond acceptors (Lipinski definition) is 5. The lowest BCUT2D eigenvalue weighted by Crippen LogP contribution is -2.34. The summed E-state index contributed by atoms with van der Waals surface area (Å²) in [6.07, 6.45) is 1.75. The molecule has 0 aliphatic carbocycles. The fraction of sp³-hybridized carbons (Fsp3) is 0.238. The average molecular weight is 436 g/mol. The first-order valence-electron chi connectivity index (χ1n) is 8.82. The number of halogens is 2. The van der Waals surface area contributed by atoms with Crippen molar-refractivity contribution in [2.24, 2.45) is 0 Å². The summed E-state index contributed by atoms with van der Waals surface area (Å²) in [5.41, 5.74) is 1.41. The maximum Gasteiger partial charge on any atom is 0.266 e. The normalized spacial score (nSPS) is 15.5. The molecule has 1 saturated heterocycles. The van der Waals surface area contributed by atoms with E-state index < -0.39 is 11.6 Å². The molecule has 152 valence electrons. The van der Waals surface area contributed by atoms with Gasteiger partial charge in [0.2, 0.25) is 0 Å². The zero-order valence-electron chi connectivity index (χ0n) is 16.1. The molecule has 0 radical (unpaired) electrons. The number of amides is 1. The SMILES string of the molecule is COc1ccc(/C=C2/SC(=S)N(C(C)C)C2=O)cc1COc1ccc(F)cc1F. The van der Waals surface area contributed by atoms with E-state index in [0.717, 1.165) is 17.7 Å². The summed E-state index contributed by atoms with van der Waals surface area (Å²) in [6, 6.07) is 8.46. The molecule has 0 aromatic heterocycles. The maximum atomic E-state index is 13.8. The molecule has 8 heteroatoms. The van der Waals surface area contributed by atoms with Gasteiger partial charge in [-0.05, 0) is 49.8 Å². The Morgan fingerprint density at radius 1 is 1.17 bits per heavy atom. The van der Waals surface area contributed by atoms with Gasteiger partial charge in [0.25, 0.3) is 5.91 Å². The molecule has 1 heterocycles. The molecule has 3 rings (SSSR count). The molecule has 0 unspecified atom stereocenters. The summed E-state index contributed by atoms with van der Waals surface area (Å²) in [5, 5.41) is 0. The first kappa shape index (κ1) is 21.3. The lowest BCUT2D eigenvalue weighted by atomic mass is 10.1. The highest BCUT2D eigenvalue weighted by molar-refractivity contribution is 8.26. The van der Waals surface area contributed by atoms with Crippen molar-refractivity contribution in [1.82, 2.24) is 4.90 Å². The third-order valence-corrected chi connectivity index (χ3v) is 5.55. The number of nitrogens with zero attached hydrogens (tertiary/aromatic N) is 1. The van der Waals surface area contributed by atoms with E-state index >= 15 is 0 Å². The van der Waals surface area contributed by atoms with Crippen LogP contribution in [0, 0.1) is 11.6 Å². The number of methoxy groups -OCH3 is 1. The van der Waals surface area contributed by atoms with E-state index in [1.165, 1.54) is 24.9 Å². The van der Waals surface area contributed by atoms with E-state index in [2.05, 4.69) is 0 Å². The minimum Gasteiger partial charge on any atom is -0.496 e. The predicted molar refractivity (Wildman–Crippen MR) is 114 cm³/mol. The number of ether oxygens (including phenoxy) is 2. The van der Waals surface area contributed by atoms with Gasteiger partial charge in [0.1, 0.15) is 22.5 Å². The molecule has 0 atom stereocenters. The summed E-state index contributed by atoms with van der Waals surface area (Å²) in [7, 11) is 1.52. The van der Waals surface area contributed by atoms with Gasteiger partial charge >= 0.3 is 0 Å². The van der Waals surface area contributed by atoms with E-state index in [9.17, 15) is 13.6 Å². The molecule has 2 aromatic rings. The predicted octanol–water partition coefficient (Wildman–Crippen LogP) is 5.16. The zero-order chi connectivity index (χ0) is 21.1. The molecule has 1 fully saturated rings. The summed E-state index contributed by atoms with van der Waals surface area (Å²) in [5.74, 6) is -1.08. The largest absolute Gasteiger partial charge is 0.496 e. The van der Waals surface area contributed by atoms with Crippen molar-refractivity contribution in [1.29, 1.82) is 0 Å². The number of hydrogen-bond donors (Lipinski definition) is 0. The highest BCUT2D eigenvalue weighted by atomic mass is 32.2. The third-order valence-electron chi connectivity index (χ3n) is 4.22. The van der Waals surface area contributed by atoms with E-state index in [-0.39, 0.29) is 24.3 Å². The van der Waals surface area contributed by atoms with Gasteiger partial charge < -0.3 is 9.47 Å². The van der Waals surface area contributed by atoms with Crippen LogP contribution in [0.2, 0.25) is 0 Å². The molecule has 1 aliphatic rings. The first-order valence-corrected chi connectivity index (χ1v) is 10.0. The molecule has 2 aromatic carbocycles. The van der Waals surface area contributed by atoms with Crippen LogP contribution in [0.1, 0.15) is 25.0 Å². The van der Waals surface area contributed by atoms with Crippen LogP contribution in [0.15, 0.2) is 41.3 Å². The second kappa shape index (κ2) is 8.92. The molecule has 0 bridgehead atoms. The fourth-order valence-corrected chi connectivity index (χ4v) is 4.35. The molecule has 1 aliphatic heterocycles. The topological polar surface area (TPSA) is 38.8 Å². The van der Waals surface area contributed by atoms with E-state index in [4.69, 9.17) is 21.7 Å². The number of benzene rings is 2. The zero-order valence-corrected chi connectivity index (χ0v) is 17.7. The van der Waals surface area contributed by atoms with Crippen LogP contribution in [0.4, 0.5) is 8.78 Å². The minimum atomic E-state index is -0.780. The van der Waals surface area contributed by atoms with Crippen molar-refractivity contribution in [2.45, 2.75) is 26.5 Å². The summed E-state index contributed by atoms with van der Waals surface area (Å²) in [4.78, 5) is 14.7. The number of thioether (sulfide) groups is 1. The van der Waals surface area contributed by atoms with Crippen molar-refractivity contribution in [3.05, 3.63) is 64.1 Å². The smallest absolute Gasteiger partial charge is 0.266 e. The molecule has 0 spiro atoms. The van der Waals surface area contributed by atoms with Gasteiger partial charge in [-0.25, -0.2) is 8.78 Å². The summed E-state index contributed by atoms with van der Waals surface area (Å²) < 4.78 is 38.2. The van der Waals surface area contributed by atoms with Gasteiger partial charge in [-0.3, -0.25) is 9.69 Å². The Bertz CT molecular complexity index is 992. The highest BCUT2D eigenvalue weighted by Gasteiger charge is 2.33. The number of rotatable bonds is 6. The Labute approximate surface area is 177 Å². The fourth-order valence-electron chi connectivity index (χ4n) is 2.83. The van der Waals surface area contributed by atoms with Crippen LogP contribution in [0.3, 0.4) is 0 Å². The molecular weight excluding hydrogens is 416 g/mol. The van der Waals surface area contributed by atoms with Crippen molar-refractivity contribution < 1.29 is 23.0 Å². The van der Waals surface area contributed by atoms with Crippen LogP contribution in [-0.2, 0) is 11.4 Å². The van der Waals surface area contributed by atoms with Gasteiger partial charge in [-0.15, -0.1) is 0 Å². The van der Waals surface area contributed by atoms with Gasteiger partial charge in [-0.1, -0.05) is 30.0 Å². The second-order valence-corrected chi connectivity index (χ2v) is 8.26. The molecule has 0 saturated carbocycles. The van der Waals surface area contributed by atoms with Crippen molar-refractivity contribution in [2.75, 3.05) is 7.11 Å². The maximum absolute atomic E-state index is 13.8. The number of thiocarbonyl (C=S) groups is 1. The van der Waals surface area contributed by atoms with Crippen LogP contribution < -0.4 is 9.47 Å². The Morgan fingerprint density at radius 2 is 1.90 bits per heavy atom. The Morgan fingerprint density at radius 3 is 2.52 bits per heavy atom. The average Bonchev–Trinajstić information content (AvgIpc) is 2.94. The van der Waals surface area contributed by atoms with Crippen LogP contribution in [0.25, 0.3) is 6.08 Å². The van der Waals surface area contributed by atoms with E-state index in [1.54, 1.807) is 23.1 Å². The molecule has 4 nitrogen and oxygen atoms in total. The second-order valence-electron chi connectivity index (χ2n) is 6.58. The van der Waals surface area contributed by atoms with Crippen molar-refractivity contribution in [3.8, 4) is 11.5 Å². The van der Waals surface area contributed by atoms with Crippen molar-refractivity contribution in [3.63, 3.8) is 0 Å². The van der Waals surface area contributed by atoms with E-state index in [0.29, 0.717) is 20.5 Å². The highest BCUT2D eigenvalue weighted by Crippen LogP contribution is 2.34. The lowest BCUT2D eigenvalue weighted by molar-refractivity contribution is -0.123. The van der Waals surface area contributed by atoms with Gasteiger partial charge in [0.05, 0.1) is 12.0 Å². The molecule has 1 amide bonds. The minimum absolute atomic E-state index is 0.0142. The van der Waals surface area contributed by atoms with Gasteiger partial charge in [0, 0.05) is 17.7 Å². The standard InChI is InChI=1S/C21H19F2NO3S2/c1-12(2)24-20(25)19(29-21(24)28)9-13-4-6-17(26-3)14(8-13)11-27-18-7-5-15(22)10-16(18)23/h4-10,12H,11H2,1-3H3/b19-9+. The Balaban J connectivity index is 1.84. The Hall–Kier alpha value is -2.45. The monoisotopic (exact) mass is 435 g/mol. The number of carbonyl (C=O) groups excluding carboxylic acids is 1. The van der Waals surface area contributed by atoms with E-state index in [1.807, 2.05) is 19.9 Å². The summed E-state index contributed by atoms with van der Waals surface area (Å²) in [6.45, 7) is 3.83. The first-order chi connectivity index (χ1) is 13.8. The lowest BCUT2D eigenvalue weighted by Gasteiger charge is -2.18. The van der Waals surface area contributed by atoms with Crippen molar-refractivity contribution >= 4 is 40.3 Å². The number of carbonyl (C=O) groups is 1. The molecule has 0 N–H and O–H groups in total. The summed E-state index contributed by atoms with van der Waals surface area (Å²) >= 11 is 6.55. The Kier molecular flexibility index (Phi) is 6.54. The third kappa shape index (κ3) is 4.76. The molecular formula is C21H19F2NO3S2. The van der Waals surface area contributed by atoms with Crippen LogP contribution in [0.5, 0.6) is 11.5 Å². The molecule has 29 heavy (non-hydrogen) atoms. The van der Waals surface area contributed by atoms with Crippen LogP contribution in [-0.4, -0.2) is 28.3 Å². The quantitative estimate of drug-likeness (QED) is 0.463. The van der Waals surface area contributed by atoms with Gasteiger partial charge in [0.15, 0.2) is 11.6 Å². The van der Waals surface area contributed by atoms with Crippen LogP contribution >= 0.6 is 24.0 Å². The van der Waals surface area contributed by atoms with Gasteiger partial charge in [-0.2, -0.15) is 0 Å².